The van der Waals surface area contributed by atoms with Crippen molar-refractivity contribution < 1.29 is 24.0 Å². The van der Waals surface area contributed by atoms with E-state index in [1.807, 2.05) is 0 Å². The van der Waals surface area contributed by atoms with Crippen LogP contribution >= 0.6 is 23.2 Å². The number of rotatable bonds is 7. The van der Waals surface area contributed by atoms with E-state index in [2.05, 4.69) is 10.1 Å². The number of nitrogens with zero attached hydrogens (tertiary/aromatic N) is 1. The lowest BCUT2D eigenvalue weighted by Gasteiger charge is -2.15. The number of halogens is 2. The van der Waals surface area contributed by atoms with Gasteiger partial charge in [-0.3, -0.25) is 14.9 Å². The normalized spacial score (nSPS) is 11.4. The molecule has 10 heteroatoms. The topological polar surface area (TPSA) is 108 Å². The fourth-order valence-electron chi connectivity index (χ4n) is 2.32. The van der Waals surface area contributed by atoms with Crippen LogP contribution in [0.25, 0.3) is 0 Å². The molecular formula is C18H16Cl2N2O6. The minimum Gasteiger partial charge on any atom is -0.477 e. The highest BCUT2D eigenvalue weighted by molar-refractivity contribution is 6.42. The highest BCUT2D eigenvalue weighted by Gasteiger charge is 2.20. The molecule has 0 bridgehead atoms. The second-order valence-corrected chi connectivity index (χ2v) is 6.50. The maximum atomic E-state index is 12.2. The SMILES string of the molecule is COC(=O)c1ccc([N+](=O)[O-])c(OCC(=O)NC(C)c2ccc(Cl)c(Cl)c2)c1. The molecule has 0 aliphatic carbocycles. The molecule has 0 spiro atoms. The molecule has 1 N–H and O–H groups in total. The number of amides is 1. The zero-order valence-electron chi connectivity index (χ0n) is 14.9. The second-order valence-electron chi connectivity index (χ2n) is 5.68. The lowest BCUT2D eigenvalue weighted by molar-refractivity contribution is -0.385. The van der Waals surface area contributed by atoms with Crippen LogP contribution < -0.4 is 10.1 Å². The molecule has 1 amide bonds. The summed E-state index contributed by atoms with van der Waals surface area (Å²) < 4.78 is 9.84. The monoisotopic (exact) mass is 426 g/mol. The molecule has 2 aromatic rings. The van der Waals surface area contributed by atoms with Crippen molar-refractivity contribution in [2.75, 3.05) is 13.7 Å². The average Bonchev–Trinajstić information content (AvgIpc) is 2.67. The molecule has 0 fully saturated rings. The maximum absolute atomic E-state index is 12.2. The first-order chi connectivity index (χ1) is 13.2. The van der Waals surface area contributed by atoms with Gasteiger partial charge in [0.25, 0.3) is 5.91 Å². The summed E-state index contributed by atoms with van der Waals surface area (Å²) in [5.41, 5.74) is 0.409. The molecule has 1 atom stereocenters. The van der Waals surface area contributed by atoms with E-state index in [1.54, 1.807) is 25.1 Å². The summed E-state index contributed by atoms with van der Waals surface area (Å²) in [6, 6.07) is 8.05. The Hall–Kier alpha value is -2.84. The van der Waals surface area contributed by atoms with Crippen LogP contribution in [0.2, 0.25) is 10.0 Å². The van der Waals surface area contributed by atoms with Gasteiger partial charge in [0.05, 0.1) is 33.7 Å². The van der Waals surface area contributed by atoms with Crippen LogP contribution in [0.1, 0.15) is 28.9 Å². The first kappa shape index (κ1) is 21.5. The number of nitro benzene ring substituents is 1. The number of nitro groups is 1. The maximum Gasteiger partial charge on any atom is 0.337 e. The van der Waals surface area contributed by atoms with Gasteiger partial charge in [-0.15, -0.1) is 0 Å². The molecule has 0 saturated heterocycles. The van der Waals surface area contributed by atoms with Crippen molar-refractivity contribution in [2.24, 2.45) is 0 Å². The third-order valence-electron chi connectivity index (χ3n) is 3.76. The molecule has 8 nitrogen and oxygen atoms in total. The van der Waals surface area contributed by atoms with Gasteiger partial charge in [0, 0.05) is 12.1 Å². The first-order valence-electron chi connectivity index (χ1n) is 7.96. The highest BCUT2D eigenvalue weighted by Crippen LogP contribution is 2.28. The number of methoxy groups -OCH3 is 1. The number of nitrogens with one attached hydrogen (secondary N) is 1. The van der Waals surface area contributed by atoms with E-state index in [-0.39, 0.29) is 17.0 Å². The molecule has 148 valence electrons. The van der Waals surface area contributed by atoms with Gasteiger partial charge < -0.3 is 14.8 Å². The Labute approximate surface area is 170 Å². The smallest absolute Gasteiger partial charge is 0.337 e. The number of ether oxygens (including phenoxy) is 2. The van der Waals surface area contributed by atoms with Crippen LogP contribution in [0.3, 0.4) is 0 Å². The lowest BCUT2D eigenvalue weighted by Crippen LogP contribution is -2.31. The molecule has 0 aliphatic rings. The van der Waals surface area contributed by atoms with Gasteiger partial charge >= 0.3 is 11.7 Å². The Morgan fingerprint density at radius 3 is 2.50 bits per heavy atom. The summed E-state index contributed by atoms with van der Waals surface area (Å²) in [6.07, 6.45) is 0. The van der Waals surface area contributed by atoms with Gasteiger partial charge in [0.2, 0.25) is 0 Å². The van der Waals surface area contributed by atoms with Gasteiger partial charge in [-0.25, -0.2) is 4.79 Å². The molecule has 1 unspecified atom stereocenters. The van der Waals surface area contributed by atoms with Crippen molar-refractivity contribution >= 4 is 40.8 Å². The summed E-state index contributed by atoms with van der Waals surface area (Å²) in [5, 5.41) is 14.6. The van der Waals surface area contributed by atoms with E-state index in [1.165, 1.54) is 13.2 Å². The molecule has 2 aromatic carbocycles. The molecule has 28 heavy (non-hydrogen) atoms. The van der Waals surface area contributed by atoms with E-state index < -0.39 is 29.4 Å². The van der Waals surface area contributed by atoms with E-state index >= 15 is 0 Å². The van der Waals surface area contributed by atoms with Crippen molar-refractivity contribution in [3.63, 3.8) is 0 Å². The van der Waals surface area contributed by atoms with Crippen LogP contribution in [0, 0.1) is 10.1 Å². The van der Waals surface area contributed by atoms with Crippen molar-refractivity contribution in [1.29, 1.82) is 0 Å². The van der Waals surface area contributed by atoms with Crippen LogP contribution in [0.4, 0.5) is 5.69 Å². The summed E-state index contributed by atoms with van der Waals surface area (Å²) in [5.74, 6) is -1.42. The van der Waals surface area contributed by atoms with Gasteiger partial charge in [0.15, 0.2) is 12.4 Å². The average molecular weight is 427 g/mol. The van der Waals surface area contributed by atoms with Crippen LogP contribution in [0.15, 0.2) is 36.4 Å². The predicted octanol–water partition coefficient (Wildman–Crippen LogP) is 3.94. The molecule has 0 radical (unpaired) electrons. The fourth-order valence-corrected chi connectivity index (χ4v) is 2.62. The fraction of sp³-hybridized carbons (Fsp3) is 0.222. The molecule has 0 aliphatic heterocycles. The summed E-state index contributed by atoms with van der Waals surface area (Å²) in [4.78, 5) is 34.2. The highest BCUT2D eigenvalue weighted by atomic mass is 35.5. The van der Waals surface area contributed by atoms with E-state index in [9.17, 15) is 19.7 Å². The van der Waals surface area contributed by atoms with E-state index in [4.69, 9.17) is 27.9 Å². The van der Waals surface area contributed by atoms with Crippen molar-refractivity contribution in [2.45, 2.75) is 13.0 Å². The zero-order chi connectivity index (χ0) is 20.8. The van der Waals surface area contributed by atoms with Crippen molar-refractivity contribution in [1.82, 2.24) is 5.32 Å². The molecule has 0 saturated carbocycles. The third-order valence-corrected chi connectivity index (χ3v) is 4.50. The minimum atomic E-state index is -0.683. The molecule has 2 rings (SSSR count). The van der Waals surface area contributed by atoms with Gasteiger partial charge in [-0.1, -0.05) is 29.3 Å². The number of carbonyl (C=O) groups excluding carboxylic acids is 2. The van der Waals surface area contributed by atoms with Gasteiger partial charge in [0.1, 0.15) is 0 Å². The summed E-state index contributed by atoms with van der Waals surface area (Å²) in [7, 11) is 1.18. The Morgan fingerprint density at radius 1 is 1.18 bits per heavy atom. The van der Waals surface area contributed by atoms with E-state index in [0.29, 0.717) is 10.0 Å². The number of esters is 1. The van der Waals surface area contributed by atoms with Crippen molar-refractivity contribution in [3.05, 3.63) is 67.7 Å². The predicted molar refractivity (Wildman–Crippen MR) is 103 cm³/mol. The van der Waals surface area contributed by atoms with Gasteiger partial charge in [-0.05, 0) is 30.7 Å². The zero-order valence-corrected chi connectivity index (χ0v) is 16.4. The number of carbonyl (C=O) groups is 2. The molecular weight excluding hydrogens is 411 g/mol. The number of hydrogen-bond acceptors (Lipinski definition) is 6. The standard InChI is InChI=1S/C18H16Cl2N2O6/c1-10(11-3-5-13(19)14(20)7-11)21-17(23)9-28-16-8-12(18(24)27-2)4-6-15(16)22(25)26/h3-8,10H,9H2,1-2H3,(H,21,23). The largest absolute Gasteiger partial charge is 0.477 e. The first-order valence-corrected chi connectivity index (χ1v) is 8.72. The Balaban J connectivity index is 2.07. The van der Waals surface area contributed by atoms with E-state index in [0.717, 1.165) is 17.7 Å². The molecule has 0 heterocycles. The Morgan fingerprint density at radius 2 is 1.89 bits per heavy atom. The second kappa shape index (κ2) is 9.38. The van der Waals surface area contributed by atoms with Gasteiger partial charge in [-0.2, -0.15) is 0 Å². The van der Waals surface area contributed by atoms with Crippen LogP contribution in [-0.2, 0) is 9.53 Å². The third kappa shape index (κ3) is 5.34. The quantitative estimate of drug-likeness (QED) is 0.407. The number of hydrogen-bond donors (Lipinski definition) is 1. The van der Waals surface area contributed by atoms with Crippen LogP contribution in [0.5, 0.6) is 5.75 Å². The Kier molecular flexibility index (Phi) is 7.19. The minimum absolute atomic E-state index is 0.0627. The summed E-state index contributed by atoms with van der Waals surface area (Å²) in [6.45, 7) is 1.24. The van der Waals surface area contributed by atoms with Crippen molar-refractivity contribution in [3.8, 4) is 5.75 Å². The van der Waals surface area contributed by atoms with Crippen LogP contribution in [-0.4, -0.2) is 30.5 Å². The Bertz CT molecular complexity index is 919. The lowest BCUT2D eigenvalue weighted by atomic mass is 10.1. The molecule has 0 aromatic heterocycles. The number of benzene rings is 2. The summed E-state index contributed by atoms with van der Waals surface area (Å²) >= 11 is 11.8.